The molecule has 4 aromatic rings. The SMILES string of the molecule is C#Cc1ccc(CN(CCOC(=O)OC[C@H]2O[C@@H](n3cc(C)c(=O)[nH]c3=O)CC2O[Si](c2ccccc2)(c2ccccc2)C(C)(C)C)CC2CCCCN2C)cc1. The predicted molar refractivity (Wildman–Crippen MR) is 224 cm³/mol. The van der Waals surface area contributed by atoms with E-state index in [0.717, 1.165) is 41.0 Å². The van der Waals surface area contributed by atoms with Crippen molar-refractivity contribution < 1.29 is 23.4 Å². The van der Waals surface area contributed by atoms with E-state index in [1.807, 2.05) is 60.7 Å². The molecule has 2 aliphatic heterocycles. The minimum Gasteiger partial charge on any atom is -0.433 e. The van der Waals surface area contributed by atoms with Crippen molar-refractivity contribution in [1.29, 1.82) is 0 Å². The van der Waals surface area contributed by atoms with Gasteiger partial charge in [0.25, 0.3) is 13.9 Å². The summed E-state index contributed by atoms with van der Waals surface area (Å²) in [5.41, 5.74) is 1.30. The van der Waals surface area contributed by atoms with Crippen LogP contribution in [0.25, 0.3) is 0 Å². The molecule has 1 aromatic heterocycles. The Morgan fingerprint density at radius 1 is 0.982 bits per heavy atom. The average molecular weight is 793 g/mol. The van der Waals surface area contributed by atoms with Gasteiger partial charge in [0.1, 0.15) is 25.5 Å². The van der Waals surface area contributed by atoms with Gasteiger partial charge in [-0.05, 0) is 66.5 Å². The zero-order valence-electron chi connectivity index (χ0n) is 33.8. The minimum absolute atomic E-state index is 0.139. The van der Waals surface area contributed by atoms with Crippen molar-refractivity contribution in [3.63, 3.8) is 0 Å². The average Bonchev–Trinajstić information content (AvgIpc) is 3.60. The fraction of sp³-hybridized carbons (Fsp3) is 0.444. The standard InChI is InChI=1S/C45H56N4O7Si/c1-7-34-21-23-35(24-22-34)30-48(31-36-16-14-15-25-47(36)6)26-27-53-44(52)54-32-40-39(28-41(55-40)49-29-33(2)42(50)46-43(49)51)56-57(45(3,4)5,37-17-10-8-11-18-37)38-19-12-9-13-20-38/h1,8-13,17-24,29,36,39-41H,14-16,25-28,30-32H2,2-6H3,(H,46,50,51)/t36?,39?,40-,41-/m1/s1. The predicted octanol–water partition coefficient (Wildman–Crippen LogP) is 5.20. The number of H-pyrrole nitrogens is 1. The molecule has 2 saturated heterocycles. The number of aromatic amines is 1. The summed E-state index contributed by atoms with van der Waals surface area (Å²) >= 11 is 0. The van der Waals surface area contributed by atoms with E-state index in [0.29, 0.717) is 24.7 Å². The first-order valence-electron chi connectivity index (χ1n) is 19.9. The van der Waals surface area contributed by atoms with E-state index in [-0.39, 0.29) is 24.7 Å². The quantitative estimate of drug-likeness (QED) is 0.105. The summed E-state index contributed by atoms with van der Waals surface area (Å²) in [4.78, 5) is 45.7. The van der Waals surface area contributed by atoms with Crippen molar-refractivity contribution in [2.75, 3.05) is 39.9 Å². The highest BCUT2D eigenvalue weighted by Gasteiger charge is 2.54. The van der Waals surface area contributed by atoms with Crippen molar-refractivity contribution in [1.82, 2.24) is 19.4 Å². The third kappa shape index (κ3) is 10.0. The van der Waals surface area contributed by atoms with Crippen LogP contribution in [0.3, 0.4) is 0 Å². The largest absolute Gasteiger partial charge is 0.508 e. The highest BCUT2D eigenvalue weighted by Crippen LogP contribution is 2.41. The lowest BCUT2D eigenvalue weighted by atomic mass is 10.0. The molecule has 4 atom stereocenters. The van der Waals surface area contributed by atoms with Crippen LogP contribution in [0.4, 0.5) is 4.79 Å². The Labute approximate surface area is 337 Å². The van der Waals surface area contributed by atoms with E-state index in [4.69, 9.17) is 25.1 Å². The number of terminal acetylenes is 1. The van der Waals surface area contributed by atoms with Crippen LogP contribution < -0.4 is 21.6 Å². The van der Waals surface area contributed by atoms with E-state index in [1.54, 1.807) is 6.92 Å². The number of carbonyl (C=O) groups is 1. The first kappa shape index (κ1) is 41.8. The summed E-state index contributed by atoms with van der Waals surface area (Å²) in [5, 5.41) is 1.82. The van der Waals surface area contributed by atoms with Crippen molar-refractivity contribution in [3.8, 4) is 12.3 Å². The van der Waals surface area contributed by atoms with Gasteiger partial charge >= 0.3 is 11.8 Å². The Balaban J connectivity index is 1.20. The first-order chi connectivity index (χ1) is 27.4. The summed E-state index contributed by atoms with van der Waals surface area (Å²) in [6.45, 7) is 11.3. The summed E-state index contributed by atoms with van der Waals surface area (Å²) in [7, 11) is -0.914. The fourth-order valence-corrected chi connectivity index (χ4v) is 12.9. The maximum atomic E-state index is 13.3. The Kier molecular flexibility index (Phi) is 13.7. The van der Waals surface area contributed by atoms with Gasteiger partial charge in [-0.2, -0.15) is 0 Å². The van der Waals surface area contributed by atoms with Crippen LogP contribution in [0.2, 0.25) is 5.04 Å². The zero-order chi connectivity index (χ0) is 40.6. The number of aromatic nitrogens is 2. The number of likely N-dealkylation sites (N-methyl/N-ethyl adjacent to an activating group) is 1. The third-order valence-corrected chi connectivity index (χ3v) is 16.4. The van der Waals surface area contributed by atoms with Crippen LogP contribution in [-0.4, -0.2) is 92.0 Å². The van der Waals surface area contributed by atoms with E-state index in [1.165, 1.54) is 23.6 Å². The molecule has 0 bridgehead atoms. The van der Waals surface area contributed by atoms with Gasteiger partial charge in [-0.25, -0.2) is 9.59 Å². The molecule has 57 heavy (non-hydrogen) atoms. The van der Waals surface area contributed by atoms with Crippen molar-refractivity contribution in [2.24, 2.45) is 0 Å². The number of likely N-dealkylation sites (tertiary alicyclic amines) is 1. The van der Waals surface area contributed by atoms with Gasteiger partial charge in [0.15, 0.2) is 0 Å². The van der Waals surface area contributed by atoms with Gasteiger partial charge in [0, 0.05) is 49.4 Å². The molecule has 1 N–H and O–H groups in total. The number of ether oxygens (including phenoxy) is 3. The van der Waals surface area contributed by atoms with E-state index >= 15 is 0 Å². The summed E-state index contributed by atoms with van der Waals surface area (Å²) in [5.74, 6) is 2.68. The van der Waals surface area contributed by atoms with Crippen LogP contribution in [0.15, 0.2) is 101 Å². The number of rotatable bonds is 14. The van der Waals surface area contributed by atoms with E-state index in [9.17, 15) is 14.4 Å². The zero-order valence-corrected chi connectivity index (χ0v) is 34.8. The molecule has 2 unspecified atom stereocenters. The monoisotopic (exact) mass is 792 g/mol. The molecule has 3 heterocycles. The Morgan fingerprint density at radius 3 is 2.26 bits per heavy atom. The molecule has 2 aliphatic rings. The number of piperidine rings is 1. The van der Waals surface area contributed by atoms with Gasteiger partial charge < -0.3 is 23.5 Å². The number of carbonyl (C=O) groups excluding carboxylic acids is 1. The molecule has 0 saturated carbocycles. The van der Waals surface area contributed by atoms with E-state index in [2.05, 4.69) is 72.8 Å². The second-order valence-corrected chi connectivity index (χ2v) is 20.5. The van der Waals surface area contributed by atoms with E-state index < -0.39 is 44.2 Å². The smallest absolute Gasteiger partial charge is 0.433 e. The highest BCUT2D eigenvalue weighted by molar-refractivity contribution is 6.99. The molecule has 0 amide bonds. The Morgan fingerprint density at radius 2 is 1.65 bits per heavy atom. The van der Waals surface area contributed by atoms with Gasteiger partial charge in [-0.1, -0.05) is 106 Å². The van der Waals surface area contributed by atoms with Gasteiger partial charge in [-0.15, -0.1) is 6.42 Å². The van der Waals surface area contributed by atoms with Crippen molar-refractivity contribution in [3.05, 3.63) is 129 Å². The number of nitrogens with one attached hydrogen (secondary N) is 1. The number of benzene rings is 3. The molecule has 2 fully saturated rings. The molecule has 3 aromatic carbocycles. The number of hydrogen-bond acceptors (Lipinski definition) is 9. The first-order valence-corrected chi connectivity index (χ1v) is 21.8. The van der Waals surface area contributed by atoms with Crippen LogP contribution >= 0.6 is 0 Å². The van der Waals surface area contributed by atoms with Crippen LogP contribution in [0, 0.1) is 19.3 Å². The molecule has 0 aliphatic carbocycles. The van der Waals surface area contributed by atoms with Crippen molar-refractivity contribution in [2.45, 2.75) is 89.4 Å². The van der Waals surface area contributed by atoms with Crippen LogP contribution in [-0.2, 0) is 25.2 Å². The molecule has 12 heteroatoms. The van der Waals surface area contributed by atoms with Crippen LogP contribution in [0.1, 0.15) is 69.4 Å². The molecular weight excluding hydrogens is 737 g/mol. The highest BCUT2D eigenvalue weighted by atomic mass is 28.4. The molecule has 6 rings (SSSR count). The molecule has 302 valence electrons. The van der Waals surface area contributed by atoms with Gasteiger partial charge in [0.05, 0.1) is 6.10 Å². The molecule has 0 spiro atoms. The second kappa shape index (κ2) is 18.7. The third-order valence-electron chi connectivity index (χ3n) is 11.3. The topological polar surface area (TPSA) is 115 Å². The Hall–Kier alpha value is -4.77. The molecular formula is C45H56N4O7Si. The number of aryl methyl sites for hydroxylation is 1. The normalized spacial score (nSPS) is 20.3. The summed E-state index contributed by atoms with van der Waals surface area (Å²) in [6, 6.07) is 28.9. The summed E-state index contributed by atoms with van der Waals surface area (Å²) in [6.07, 6.45) is 7.98. The molecule has 0 radical (unpaired) electrons. The lowest BCUT2D eigenvalue weighted by molar-refractivity contribution is -0.0572. The van der Waals surface area contributed by atoms with Crippen molar-refractivity contribution >= 4 is 24.8 Å². The second-order valence-electron chi connectivity index (χ2n) is 16.3. The minimum atomic E-state index is -3.09. The lowest BCUT2D eigenvalue weighted by Gasteiger charge is -2.45. The summed E-state index contributed by atoms with van der Waals surface area (Å²) < 4.78 is 26.8. The fourth-order valence-electron chi connectivity index (χ4n) is 8.19. The van der Waals surface area contributed by atoms with Gasteiger partial charge in [0.2, 0.25) is 0 Å². The number of hydrogen-bond donors (Lipinski definition) is 1. The van der Waals surface area contributed by atoms with Gasteiger partial charge in [-0.3, -0.25) is 19.2 Å². The molecule has 11 nitrogen and oxygen atoms in total. The maximum Gasteiger partial charge on any atom is 0.508 e. The Bertz CT molecular complexity index is 2050. The number of nitrogens with zero attached hydrogens (tertiary/aromatic N) is 3. The lowest BCUT2D eigenvalue weighted by Crippen LogP contribution is -2.68. The maximum absolute atomic E-state index is 13.3. The van der Waals surface area contributed by atoms with Crippen LogP contribution in [0.5, 0.6) is 0 Å².